The van der Waals surface area contributed by atoms with Crippen LogP contribution in [0, 0.1) is 0 Å². The second-order valence-electron chi connectivity index (χ2n) is 7.05. The van der Waals surface area contributed by atoms with Crippen LogP contribution in [0.3, 0.4) is 0 Å². The van der Waals surface area contributed by atoms with Crippen LogP contribution in [0.15, 0.2) is 47.4 Å². The molecule has 0 atom stereocenters. The Hall–Kier alpha value is -1.96. The first-order chi connectivity index (χ1) is 14.3. The molecule has 1 heterocycles. The maximum Gasteiger partial charge on any atom is 0.266 e. The highest BCUT2D eigenvalue weighted by molar-refractivity contribution is 7.93. The van der Waals surface area contributed by atoms with E-state index in [1.165, 1.54) is 25.3 Å². The van der Waals surface area contributed by atoms with E-state index in [2.05, 4.69) is 0 Å². The van der Waals surface area contributed by atoms with Gasteiger partial charge in [0.2, 0.25) is 5.91 Å². The summed E-state index contributed by atoms with van der Waals surface area (Å²) in [6.07, 6.45) is 3.95. The molecule has 0 N–H and O–H groups in total. The van der Waals surface area contributed by atoms with Gasteiger partial charge in [-0.05, 0) is 43.2 Å². The van der Waals surface area contributed by atoms with Crippen LogP contribution >= 0.6 is 23.2 Å². The Kier molecular flexibility index (Phi) is 7.50. The summed E-state index contributed by atoms with van der Waals surface area (Å²) in [7, 11) is -2.74. The predicted octanol–water partition coefficient (Wildman–Crippen LogP) is 4.60. The van der Waals surface area contributed by atoms with Crippen molar-refractivity contribution in [3.05, 3.63) is 52.5 Å². The zero-order valence-electron chi connectivity index (χ0n) is 16.7. The Morgan fingerprint density at radius 3 is 2.40 bits per heavy atom. The summed E-state index contributed by atoms with van der Waals surface area (Å²) in [5.41, 5.74) is 0.263. The second-order valence-corrected chi connectivity index (χ2v) is 9.73. The molecular formula is C21H24Cl2N2O4S. The average Bonchev–Trinajstić information content (AvgIpc) is 3.03. The fraction of sp³-hybridized carbons (Fsp3) is 0.381. The van der Waals surface area contributed by atoms with Gasteiger partial charge in [-0.25, -0.2) is 8.42 Å². The van der Waals surface area contributed by atoms with Crippen LogP contribution < -0.4 is 9.04 Å². The van der Waals surface area contributed by atoms with E-state index in [-0.39, 0.29) is 33.1 Å². The summed E-state index contributed by atoms with van der Waals surface area (Å²) in [5, 5.41) is 0.262. The van der Waals surface area contributed by atoms with Gasteiger partial charge in [-0.2, -0.15) is 0 Å². The Labute approximate surface area is 187 Å². The minimum atomic E-state index is -4.19. The monoisotopic (exact) mass is 470 g/mol. The zero-order valence-corrected chi connectivity index (χ0v) is 19.0. The Balaban J connectivity index is 2.05. The molecule has 2 aromatic carbocycles. The predicted molar refractivity (Wildman–Crippen MR) is 119 cm³/mol. The lowest BCUT2D eigenvalue weighted by atomic mass is 10.2. The van der Waals surface area contributed by atoms with Gasteiger partial charge in [-0.15, -0.1) is 0 Å². The minimum Gasteiger partial charge on any atom is -0.495 e. The lowest BCUT2D eigenvalue weighted by molar-refractivity contribution is -0.129. The summed E-state index contributed by atoms with van der Waals surface area (Å²) >= 11 is 12.2. The van der Waals surface area contributed by atoms with Crippen molar-refractivity contribution in [2.45, 2.75) is 30.6 Å². The van der Waals surface area contributed by atoms with E-state index in [1.807, 2.05) is 0 Å². The molecule has 30 heavy (non-hydrogen) atoms. The van der Waals surface area contributed by atoms with Crippen molar-refractivity contribution in [1.29, 1.82) is 0 Å². The van der Waals surface area contributed by atoms with E-state index < -0.39 is 10.0 Å². The molecule has 9 heteroatoms. The van der Waals surface area contributed by atoms with Gasteiger partial charge < -0.3 is 9.64 Å². The molecule has 0 aromatic heterocycles. The fourth-order valence-electron chi connectivity index (χ4n) is 3.47. The number of carbonyl (C=O) groups is 1. The van der Waals surface area contributed by atoms with Gasteiger partial charge in [0.25, 0.3) is 10.0 Å². The van der Waals surface area contributed by atoms with Crippen molar-refractivity contribution in [1.82, 2.24) is 4.90 Å². The highest BCUT2D eigenvalue weighted by atomic mass is 35.5. The van der Waals surface area contributed by atoms with Crippen molar-refractivity contribution in [3.8, 4) is 5.75 Å². The summed E-state index contributed by atoms with van der Waals surface area (Å²) in [5.74, 6) is 0.0763. The van der Waals surface area contributed by atoms with E-state index in [0.29, 0.717) is 18.8 Å². The number of carbonyl (C=O) groups excluding carboxylic acids is 1. The normalized spacial score (nSPS) is 14.8. The number of anilines is 1. The van der Waals surface area contributed by atoms with Gasteiger partial charge >= 0.3 is 0 Å². The fourth-order valence-corrected chi connectivity index (χ4v) is 5.64. The molecule has 1 fully saturated rings. The van der Waals surface area contributed by atoms with Crippen LogP contribution in [0.1, 0.15) is 25.7 Å². The molecule has 2 aromatic rings. The number of hydrogen-bond acceptors (Lipinski definition) is 4. The third kappa shape index (κ3) is 5.02. The van der Waals surface area contributed by atoms with Crippen molar-refractivity contribution in [2.75, 3.05) is 31.0 Å². The number of likely N-dealkylation sites (tertiary alicyclic amines) is 1. The SMILES string of the molecule is COc1ccccc1N(CC(=O)N1CCCCCC1)S(=O)(=O)c1cc(Cl)ccc1Cl. The maximum atomic E-state index is 13.6. The molecule has 0 spiro atoms. The smallest absolute Gasteiger partial charge is 0.266 e. The minimum absolute atomic E-state index is 0.0292. The third-order valence-electron chi connectivity index (χ3n) is 5.05. The Morgan fingerprint density at radius 1 is 1.07 bits per heavy atom. The van der Waals surface area contributed by atoms with E-state index in [0.717, 1.165) is 30.0 Å². The number of methoxy groups -OCH3 is 1. The number of benzene rings is 2. The summed E-state index contributed by atoms with van der Waals surface area (Å²) < 4.78 is 33.7. The second kappa shape index (κ2) is 9.90. The lowest BCUT2D eigenvalue weighted by Crippen LogP contribution is -2.43. The molecule has 1 saturated heterocycles. The van der Waals surface area contributed by atoms with Gasteiger partial charge in [-0.3, -0.25) is 9.10 Å². The highest BCUT2D eigenvalue weighted by Gasteiger charge is 2.32. The zero-order chi connectivity index (χ0) is 21.7. The number of para-hydroxylation sites is 2. The Morgan fingerprint density at radius 2 is 1.73 bits per heavy atom. The van der Waals surface area contributed by atoms with Crippen molar-refractivity contribution >= 4 is 44.8 Å². The first-order valence-corrected chi connectivity index (χ1v) is 11.9. The third-order valence-corrected chi connectivity index (χ3v) is 7.53. The first-order valence-electron chi connectivity index (χ1n) is 9.73. The van der Waals surface area contributed by atoms with Gasteiger partial charge in [0, 0.05) is 18.1 Å². The van der Waals surface area contributed by atoms with Crippen LogP contribution in [0.25, 0.3) is 0 Å². The molecule has 1 aliphatic rings. The van der Waals surface area contributed by atoms with E-state index >= 15 is 0 Å². The molecule has 1 aliphatic heterocycles. The molecule has 0 unspecified atom stereocenters. The van der Waals surface area contributed by atoms with Crippen LogP contribution in [-0.4, -0.2) is 46.0 Å². The van der Waals surface area contributed by atoms with Crippen molar-refractivity contribution in [3.63, 3.8) is 0 Å². The number of halogens is 2. The van der Waals surface area contributed by atoms with Crippen LogP contribution in [-0.2, 0) is 14.8 Å². The lowest BCUT2D eigenvalue weighted by Gasteiger charge is -2.29. The molecule has 162 valence electrons. The van der Waals surface area contributed by atoms with Crippen molar-refractivity contribution < 1.29 is 17.9 Å². The molecule has 0 saturated carbocycles. The number of amides is 1. The summed E-state index contributed by atoms with van der Waals surface area (Å²) in [6.45, 7) is 0.888. The molecule has 0 aliphatic carbocycles. The number of sulfonamides is 1. The number of ether oxygens (including phenoxy) is 1. The van der Waals surface area contributed by atoms with Crippen LogP contribution in [0.2, 0.25) is 10.0 Å². The van der Waals surface area contributed by atoms with E-state index in [1.54, 1.807) is 29.2 Å². The molecule has 6 nitrogen and oxygen atoms in total. The molecule has 0 radical (unpaired) electrons. The van der Waals surface area contributed by atoms with Gasteiger partial charge in [-0.1, -0.05) is 48.2 Å². The highest BCUT2D eigenvalue weighted by Crippen LogP contribution is 2.35. The average molecular weight is 471 g/mol. The molecule has 3 rings (SSSR count). The van der Waals surface area contributed by atoms with E-state index in [4.69, 9.17) is 27.9 Å². The van der Waals surface area contributed by atoms with E-state index in [9.17, 15) is 13.2 Å². The quantitative estimate of drug-likeness (QED) is 0.618. The van der Waals surface area contributed by atoms with Crippen molar-refractivity contribution in [2.24, 2.45) is 0 Å². The van der Waals surface area contributed by atoms with Crippen LogP contribution in [0.4, 0.5) is 5.69 Å². The largest absolute Gasteiger partial charge is 0.495 e. The topological polar surface area (TPSA) is 66.9 Å². The summed E-state index contributed by atoms with van der Waals surface area (Å²) in [4.78, 5) is 14.6. The standard InChI is InChI=1S/C21H24Cl2N2O4S/c1-29-19-9-5-4-8-18(19)25(15-21(26)24-12-6-2-3-7-13-24)30(27,28)20-14-16(22)10-11-17(20)23/h4-5,8-11,14H,2-3,6-7,12-13,15H2,1H3. The number of hydrogen-bond donors (Lipinski definition) is 0. The van der Waals surface area contributed by atoms with Gasteiger partial charge in [0.1, 0.15) is 17.2 Å². The molecule has 0 bridgehead atoms. The molecule has 1 amide bonds. The van der Waals surface area contributed by atoms with Crippen LogP contribution in [0.5, 0.6) is 5.75 Å². The molecular weight excluding hydrogens is 447 g/mol. The van der Waals surface area contributed by atoms with Gasteiger partial charge in [0.05, 0.1) is 17.8 Å². The Bertz CT molecular complexity index is 1010. The summed E-state index contributed by atoms with van der Waals surface area (Å²) in [6, 6.07) is 10.9. The van der Waals surface area contributed by atoms with Gasteiger partial charge in [0.15, 0.2) is 0 Å². The number of rotatable bonds is 6. The number of nitrogens with zero attached hydrogens (tertiary/aromatic N) is 2. The maximum absolute atomic E-state index is 13.6. The first kappa shape index (κ1) is 22.7.